The van der Waals surface area contributed by atoms with Crippen molar-refractivity contribution in [2.45, 2.75) is 52.0 Å². The molecule has 0 fully saturated rings. The van der Waals surface area contributed by atoms with E-state index in [2.05, 4.69) is 23.0 Å². The minimum Gasteiger partial charge on any atom is -0.313 e. The van der Waals surface area contributed by atoms with Crippen LogP contribution in [-0.2, 0) is 23.0 Å². The molecular weight excluding hydrogens is 280 g/mol. The highest BCUT2D eigenvalue weighted by atomic mass is 32.2. The molecule has 0 aliphatic rings. The van der Waals surface area contributed by atoms with E-state index in [1.807, 2.05) is 19.2 Å². The summed E-state index contributed by atoms with van der Waals surface area (Å²) in [6, 6.07) is 2.35. The molecule has 4 nitrogen and oxygen atoms in total. The maximum atomic E-state index is 12.1. The number of hydrogen-bond donors (Lipinski definition) is 2. The summed E-state index contributed by atoms with van der Waals surface area (Å²) < 4.78 is 26.9. The van der Waals surface area contributed by atoms with E-state index in [9.17, 15) is 8.42 Å². The molecule has 0 spiro atoms. The van der Waals surface area contributed by atoms with Gasteiger partial charge in [-0.1, -0.05) is 20.8 Å². The zero-order valence-corrected chi connectivity index (χ0v) is 13.7. The lowest BCUT2D eigenvalue weighted by Crippen LogP contribution is -2.40. The van der Waals surface area contributed by atoms with Crippen LogP contribution in [0.5, 0.6) is 0 Å². The highest BCUT2D eigenvalue weighted by Crippen LogP contribution is 2.17. The monoisotopic (exact) mass is 304 g/mol. The van der Waals surface area contributed by atoms with Crippen molar-refractivity contribution in [2.75, 3.05) is 6.54 Å². The van der Waals surface area contributed by atoms with E-state index in [4.69, 9.17) is 0 Å². The Morgan fingerprint density at radius 2 is 2.00 bits per heavy atom. The third-order valence-corrected chi connectivity index (χ3v) is 5.73. The molecule has 1 aromatic rings. The molecule has 1 aromatic heterocycles. The van der Waals surface area contributed by atoms with Crippen LogP contribution >= 0.6 is 11.3 Å². The van der Waals surface area contributed by atoms with Gasteiger partial charge in [-0.15, -0.1) is 11.3 Å². The lowest BCUT2D eigenvalue weighted by molar-refractivity contribution is 0.540. The van der Waals surface area contributed by atoms with Crippen LogP contribution in [0.1, 0.15) is 38.1 Å². The summed E-state index contributed by atoms with van der Waals surface area (Å²) in [5.41, 5.74) is 1.22. The van der Waals surface area contributed by atoms with Crippen LogP contribution in [0.25, 0.3) is 0 Å². The quantitative estimate of drug-likeness (QED) is 0.773. The number of sulfonamides is 1. The van der Waals surface area contributed by atoms with E-state index in [0.717, 1.165) is 11.3 Å². The maximum absolute atomic E-state index is 12.1. The summed E-state index contributed by atoms with van der Waals surface area (Å²) in [6.07, 6.45) is 0.936. The molecule has 0 saturated carbocycles. The SMILES string of the molecule is CCc1ccsc1CNS(=O)(=O)C(C)CNC(C)C. The first-order chi connectivity index (χ1) is 8.86. The topological polar surface area (TPSA) is 58.2 Å². The summed E-state index contributed by atoms with van der Waals surface area (Å²) in [5, 5.41) is 4.73. The number of thiophene rings is 1. The minimum absolute atomic E-state index is 0.293. The minimum atomic E-state index is -3.26. The summed E-state index contributed by atoms with van der Waals surface area (Å²) in [5.74, 6) is 0. The van der Waals surface area contributed by atoms with Crippen molar-refractivity contribution in [3.63, 3.8) is 0 Å². The number of rotatable bonds is 8. The van der Waals surface area contributed by atoms with E-state index in [1.165, 1.54) is 5.56 Å². The van der Waals surface area contributed by atoms with Crippen molar-refractivity contribution in [3.8, 4) is 0 Å². The van der Waals surface area contributed by atoms with Crippen molar-refractivity contribution >= 4 is 21.4 Å². The Kier molecular flexibility index (Phi) is 6.46. The fourth-order valence-electron chi connectivity index (χ4n) is 1.66. The number of aryl methyl sites for hydroxylation is 1. The van der Waals surface area contributed by atoms with Gasteiger partial charge in [-0.25, -0.2) is 13.1 Å². The van der Waals surface area contributed by atoms with Crippen molar-refractivity contribution in [1.29, 1.82) is 0 Å². The van der Waals surface area contributed by atoms with Gasteiger partial charge >= 0.3 is 0 Å². The van der Waals surface area contributed by atoms with Crippen LogP contribution in [0.15, 0.2) is 11.4 Å². The van der Waals surface area contributed by atoms with E-state index in [0.29, 0.717) is 19.1 Å². The molecule has 19 heavy (non-hydrogen) atoms. The summed E-state index contributed by atoms with van der Waals surface area (Å²) in [4.78, 5) is 1.11. The molecule has 6 heteroatoms. The summed E-state index contributed by atoms with van der Waals surface area (Å²) in [7, 11) is -3.26. The molecule has 1 heterocycles. The molecule has 0 saturated heterocycles. The lowest BCUT2D eigenvalue weighted by atomic mass is 10.2. The van der Waals surface area contributed by atoms with E-state index < -0.39 is 15.3 Å². The van der Waals surface area contributed by atoms with Gasteiger partial charge in [0.1, 0.15) is 0 Å². The fraction of sp³-hybridized carbons (Fsp3) is 0.692. The van der Waals surface area contributed by atoms with Crippen LogP contribution in [0.3, 0.4) is 0 Å². The fourth-order valence-corrected chi connectivity index (χ4v) is 3.61. The largest absolute Gasteiger partial charge is 0.313 e. The van der Waals surface area contributed by atoms with Crippen molar-refractivity contribution in [2.24, 2.45) is 0 Å². The van der Waals surface area contributed by atoms with Gasteiger partial charge in [0.05, 0.1) is 5.25 Å². The van der Waals surface area contributed by atoms with Gasteiger partial charge in [-0.2, -0.15) is 0 Å². The van der Waals surface area contributed by atoms with Gasteiger partial charge in [-0.3, -0.25) is 0 Å². The third kappa shape index (κ3) is 5.22. The van der Waals surface area contributed by atoms with Gasteiger partial charge in [0.25, 0.3) is 0 Å². The van der Waals surface area contributed by atoms with Crippen LogP contribution < -0.4 is 10.0 Å². The van der Waals surface area contributed by atoms with Gasteiger partial charge < -0.3 is 5.32 Å². The highest BCUT2D eigenvalue weighted by Gasteiger charge is 2.20. The Hall–Kier alpha value is -0.430. The normalized spacial score (nSPS) is 13.9. The Labute approximate surface area is 120 Å². The van der Waals surface area contributed by atoms with Crippen LogP contribution in [0.2, 0.25) is 0 Å². The predicted octanol–water partition coefficient (Wildman–Crippen LogP) is 2.12. The second-order valence-corrected chi connectivity index (χ2v) is 8.15. The highest BCUT2D eigenvalue weighted by molar-refractivity contribution is 7.90. The molecule has 0 aliphatic carbocycles. The van der Waals surface area contributed by atoms with Gasteiger partial charge in [0.2, 0.25) is 10.0 Å². The van der Waals surface area contributed by atoms with Crippen LogP contribution in [0.4, 0.5) is 0 Å². The first kappa shape index (κ1) is 16.6. The van der Waals surface area contributed by atoms with Crippen LogP contribution in [0, 0.1) is 0 Å². The van der Waals surface area contributed by atoms with Gasteiger partial charge in [0, 0.05) is 24.0 Å². The summed E-state index contributed by atoms with van der Waals surface area (Å²) >= 11 is 1.60. The van der Waals surface area contributed by atoms with E-state index in [1.54, 1.807) is 18.3 Å². The van der Waals surface area contributed by atoms with Gasteiger partial charge in [0.15, 0.2) is 0 Å². The second kappa shape index (κ2) is 7.38. The zero-order valence-electron chi connectivity index (χ0n) is 12.1. The average molecular weight is 304 g/mol. The molecule has 2 N–H and O–H groups in total. The number of hydrogen-bond acceptors (Lipinski definition) is 4. The molecule has 110 valence electrons. The predicted molar refractivity (Wildman–Crippen MR) is 82.1 cm³/mol. The Bertz CT molecular complexity index is 481. The first-order valence-corrected chi connectivity index (χ1v) is 9.06. The standard InChI is InChI=1S/C13H24N2O2S2/c1-5-12-6-7-18-13(12)9-15-19(16,17)11(4)8-14-10(2)3/h6-7,10-11,14-15H,5,8-9H2,1-4H3. The van der Waals surface area contributed by atoms with E-state index >= 15 is 0 Å². The van der Waals surface area contributed by atoms with Crippen molar-refractivity contribution in [3.05, 3.63) is 21.9 Å². The molecule has 1 atom stereocenters. The van der Waals surface area contributed by atoms with Crippen LogP contribution in [-0.4, -0.2) is 26.3 Å². The maximum Gasteiger partial charge on any atom is 0.215 e. The molecule has 0 radical (unpaired) electrons. The number of nitrogens with one attached hydrogen (secondary N) is 2. The molecular formula is C13H24N2O2S2. The lowest BCUT2D eigenvalue weighted by Gasteiger charge is -2.16. The molecule has 1 unspecified atom stereocenters. The third-order valence-electron chi connectivity index (χ3n) is 3.00. The van der Waals surface area contributed by atoms with Crippen molar-refractivity contribution in [1.82, 2.24) is 10.0 Å². The first-order valence-electron chi connectivity index (χ1n) is 6.64. The Morgan fingerprint density at radius 1 is 1.32 bits per heavy atom. The molecule has 0 aromatic carbocycles. The molecule has 0 amide bonds. The van der Waals surface area contributed by atoms with E-state index in [-0.39, 0.29) is 0 Å². The smallest absolute Gasteiger partial charge is 0.215 e. The average Bonchev–Trinajstić information content (AvgIpc) is 2.80. The zero-order chi connectivity index (χ0) is 14.5. The Balaban J connectivity index is 2.55. The Morgan fingerprint density at radius 3 is 2.58 bits per heavy atom. The second-order valence-electron chi connectivity index (χ2n) is 4.96. The molecule has 1 rings (SSSR count). The molecule has 0 aliphatic heterocycles. The van der Waals surface area contributed by atoms with Crippen molar-refractivity contribution < 1.29 is 8.42 Å². The van der Waals surface area contributed by atoms with Gasteiger partial charge in [-0.05, 0) is 30.4 Å². The summed E-state index contributed by atoms with van der Waals surface area (Å²) in [6.45, 7) is 8.69. The molecule has 0 bridgehead atoms.